The van der Waals surface area contributed by atoms with Crippen molar-refractivity contribution >= 4 is 23.5 Å². The average Bonchev–Trinajstić information content (AvgIpc) is 2.95. The highest BCUT2D eigenvalue weighted by Gasteiger charge is 2.32. The quantitative estimate of drug-likeness (QED) is 0.499. The maximum absolute atomic E-state index is 13.0. The first-order valence-electron chi connectivity index (χ1n) is 11.2. The second-order valence-electron chi connectivity index (χ2n) is 8.23. The Kier molecular flexibility index (Phi) is 6.87. The molecule has 2 N–H and O–H groups in total. The fourth-order valence-corrected chi connectivity index (χ4v) is 5.50. The number of H-pyrrole nitrogens is 1. The zero-order chi connectivity index (χ0) is 20.9. The number of carbonyl (C=O) groups excluding carboxylic acids is 1. The van der Waals surface area contributed by atoms with E-state index in [4.69, 9.17) is 4.74 Å². The van der Waals surface area contributed by atoms with Crippen molar-refractivity contribution in [3.8, 4) is 5.75 Å². The molecule has 1 aliphatic heterocycles. The van der Waals surface area contributed by atoms with Crippen LogP contribution in [0.3, 0.4) is 0 Å². The Balaban J connectivity index is 1.65. The average molecular weight is 430 g/mol. The van der Waals surface area contributed by atoms with Gasteiger partial charge in [-0.15, -0.1) is 11.8 Å². The molecule has 0 spiro atoms. The Morgan fingerprint density at radius 3 is 2.53 bits per heavy atom. The van der Waals surface area contributed by atoms with Crippen molar-refractivity contribution in [2.75, 3.05) is 17.7 Å². The van der Waals surface area contributed by atoms with Crippen LogP contribution in [-0.4, -0.2) is 28.0 Å². The third-order valence-corrected chi connectivity index (χ3v) is 7.27. The minimum absolute atomic E-state index is 0.0513. The third-order valence-electron chi connectivity index (χ3n) is 6.00. The van der Waals surface area contributed by atoms with E-state index in [0.717, 1.165) is 49.8 Å². The molecule has 2 aromatic rings. The maximum atomic E-state index is 13.0. The molecule has 0 radical (unpaired) electrons. The second-order valence-corrected chi connectivity index (χ2v) is 9.32. The van der Waals surface area contributed by atoms with Crippen molar-refractivity contribution in [2.24, 2.45) is 0 Å². The van der Waals surface area contributed by atoms with Crippen molar-refractivity contribution in [3.63, 3.8) is 0 Å². The van der Waals surface area contributed by atoms with Crippen LogP contribution in [0.1, 0.15) is 80.7 Å². The van der Waals surface area contributed by atoms with E-state index in [2.05, 4.69) is 17.3 Å². The van der Waals surface area contributed by atoms with Gasteiger partial charge in [0.15, 0.2) is 0 Å². The highest BCUT2D eigenvalue weighted by atomic mass is 32.2. The van der Waals surface area contributed by atoms with Gasteiger partial charge >= 0.3 is 0 Å². The van der Waals surface area contributed by atoms with Crippen LogP contribution in [0, 0.1) is 0 Å². The van der Waals surface area contributed by atoms with E-state index in [1.807, 2.05) is 28.9 Å². The van der Waals surface area contributed by atoms with E-state index < -0.39 is 0 Å². The Labute approximate surface area is 181 Å². The molecule has 30 heavy (non-hydrogen) atoms. The molecule has 4 rings (SSSR count). The van der Waals surface area contributed by atoms with E-state index >= 15 is 0 Å². The number of amides is 1. The molecule has 1 fully saturated rings. The molecule has 2 aliphatic rings. The first kappa shape index (κ1) is 21.1. The Bertz CT molecular complexity index is 911. The van der Waals surface area contributed by atoms with Crippen LogP contribution < -0.4 is 15.6 Å². The summed E-state index contributed by atoms with van der Waals surface area (Å²) in [6.45, 7) is 2.85. The zero-order valence-corrected chi connectivity index (χ0v) is 18.4. The molecule has 0 bridgehead atoms. The van der Waals surface area contributed by atoms with Crippen LogP contribution in [0.2, 0.25) is 0 Å². The van der Waals surface area contributed by atoms with Crippen molar-refractivity contribution in [1.82, 2.24) is 9.78 Å². The van der Waals surface area contributed by atoms with Crippen molar-refractivity contribution < 1.29 is 9.53 Å². The number of anilines is 1. The summed E-state index contributed by atoms with van der Waals surface area (Å²) < 4.78 is 7.72. The molecule has 0 unspecified atom stereocenters. The van der Waals surface area contributed by atoms with Crippen molar-refractivity contribution in [3.05, 3.63) is 45.7 Å². The third kappa shape index (κ3) is 4.61. The Hall–Kier alpha value is -2.15. The summed E-state index contributed by atoms with van der Waals surface area (Å²) in [6.07, 6.45) is 8.99. The maximum Gasteiger partial charge on any atom is 0.270 e. The molecular weight excluding hydrogens is 398 g/mol. The minimum Gasteiger partial charge on any atom is -0.494 e. The van der Waals surface area contributed by atoms with E-state index in [-0.39, 0.29) is 22.8 Å². The SMILES string of the molecule is CCCCOc1ccc([C@H]2SCC(=O)Nc3c2c(=O)[nH]n3C2CCCCCC2)cc1. The molecule has 7 heteroatoms. The number of unbranched alkanes of at least 4 members (excludes halogenated alkanes) is 1. The van der Waals surface area contributed by atoms with Crippen LogP contribution in [-0.2, 0) is 4.79 Å². The first-order valence-corrected chi connectivity index (χ1v) is 12.2. The topological polar surface area (TPSA) is 76.1 Å². The smallest absolute Gasteiger partial charge is 0.270 e. The molecule has 6 nitrogen and oxygen atoms in total. The van der Waals surface area contributed by atoms with Gasteiger partial charge in [-0.1, -0.05) is 51.2 Å². The van der Waals surface area contributed by atoms with E-state index in [1.54, 1.807) is 0 Å². The fourth-order valence-electron chi connectivity index (χ4n) is 4.37. The lowest BCUT2D eigenvalue weighted by Gasteiger charge is -2.19. The number of rotatable bonds is 6. The standard InChI is InChI=1S/C23H31N3O3S/c1-2-3-14-29-18-12-10-16(11-13-18)21-20-22(24-19(27)15-30-21)26(25-23(20)28)17-8-6-4-5-7-9-17/h10-13,17,21H,2-9,14-15H2,1H3,(H,24,27)(H,25,28)/t21-/m1/s1. The van der Waals surface area contributed by atoms with E-state index in [1.165, 1.54) is 24.6 Å². The molecule has 1 aromatic heterocycles. The van der Waals surface area contributed by atoms with Crippen molar-refractivity contribution in [2.45, 2.75) is 69.6 Å². The summed E-state index contributed by atoms with van der Waals surface area (Å²) in [6, 6.07) is 8.19. The molecule has 1 aromatic carbocycles. The van der Waals surface area contributed by atoms with E-state index in [9.17, 15) is 9.59 Å². The first-order chi connectivity index (χ1) is 14.7. The Morgan fingerprint density at radius 1 is 1.10 bits per heavy atom. The van der Waals surface area contributed by atoms with Crippen LogP contribution >= 0.6 is 11.8 Å². The highest BCUT2D eigenvalue weighted by Crippen LogP contribution is 2.41. The zero-order valence-electron chi connectivity index (χ0n) is 17.6. The van der Waals surface area contributed by atoms with Gasteiger partial charge in [-0.05, 0) is 37.0 Å². The Morgan fingerprint density at radius 2 is 1.83 bits per heavy atom. The van der Waals surface area contributed by atoms with Gasteiger partial charge in [0.2, 0.25) is 5.91 Å². The van der Waals surface area contributed by atoms with Crippen LogP contribution in [0.4, 0.5) is 5.82 Å². The van der Waals surface area contributed by atoms with Gasteiger partial charge in [-0.2, -0.15) is 0 Å². The number of aromatic nitrogens is 2. The molecule has 0 saturated heterocycles. The van der Waals surface area contributed by atoms with Gasteiger partial charge in [0.25, 0.3) is 5.56 Å². The van der Waals surface area contributed by atoms with Gasteiger partial charge in [0.1, 0.15) is 11.6 Å². The summed E-state index contributed by atoms with van der Waals surface area (Å²) in [5.41, 5.74) is 1.58. The summed E-state index contributed by atoms with van der Waals surface area (Å²) >= 11 is 1.51. The predicted octanol–water partition coefficient (Wildman–Crippen LogP) is 5.03. The van der Waals surface area contributed by atoms with Gasteiger partial charge < -0.3 is 10.1 Å². The van der Waals surface area contributed by atoms with Gasteiger partial charge in [0, 0.05) is 0 Å². The number of fused-ring (bicyclic) bond motifs is 1. The van der Waals surface area contributed by atoms with Crippen LogP contribution in [0.15, 0.2) is 29.1 Å². The van der Waals surface area contributed by atoms with E-state index in [0.29, 0.717) is 23.7 Å². The number of hydrogen-bond donors (Lipinski definition) is 2. The molecular formula is C23H31N3O3S. The minimum atomic E-state index is -0.181. The number of hydrogen-bond acceptors (Lipinski definition) is 4. The monoisotopic (exact) mass is 429 g/mol. The number of nitrogens with zero attached hydrogens (tertiary/aromatic N) is 1. The van der Waals surface area contributed by atoms with Crippen LogP contribution in [0.5, 0.6) is 5.75 Å². The highest BCUT2D eigenvalue weighted by molar-refractivity contribution is 8.00. The fraction of sp³-hybridized carbons (Fsp3) is 0.565. The number of carbonyl (C=O) groups is 1. The van der Waals surface area contributed by atoms with Crippen molar-refractivity contribution in [1.29, 1.82) is 0 Å². The molecule has 1 saturated carbocycles. The second kappa shape index (κ2) is 9.77. The predicted molar refractivity (Wildman–Crippen MR) is 122 cm³/mol. The molecule has 1 atom stereocenters. The summed E-state index contributed by atoms with van der Waals surface area (Å²) in [5, 5.41) is 5.90. The van der Waals surface area contributed by atoms with Gasteiger partial charge in [-0.25, -0.2) is 0 Å². The lowest BCUT2D eigenvalue weighted by Crippen LogP contribution is -2.19. The van der Waals surface area contributed by atoms with Gasteiger partial charge in [0.05, 0.1) is 29.2 Å². The summed E-state index contributed by atoms with van der Waals surface area (Å²) in [7, 11) is 0. The molecule has 1 aliphatic carbocycles. The molecule has 1 amide bonds. The number of nitrogens with one attached hydrogen (secondary N) is 2. The lowest BCUT2D eigenvalue weighted by atomic mass is 10.1. The van der Waals surface area contributed by atoms with Gasteiger partial charge in [-0.3, -0.25) is 19.4 Å². The summed E-state index contributed by atoms with van der Waals surface area (Å²) in [5.74, 6) is 1.78. The molecule has 162 valence electrons. The normalized spacial score (nSPS) is 20.2. The largest absolute Gasteiger partial charge is 0.494 e. The summed E-state index contributed by atoms with van der Waals surface area (Å²) in [4.78, 5) is 25.5. The number of thioether (sulfide) groups is 1. The van der Waals surface area contributed by atoms with Crippen LogP contribution in [0.25, 0.3) is 0 Å². The number of aromatic amines is 1. The number of benzene rings is 1. The molecule has 2 heterocycles. The number of ether oxygens (including phenoxy) is 1. The lowest BCUT2D eigenvalue weighted by molar-refractivity contribution is -0.113.